The maximum atomic E-state index is 13.3. The molecule has 0 saturated heterocycles. The van der Waals surface area contributed by atoms with Gasteiger partial charge in [0.2, 0.25) is 5.88 Å². The second-order valence-corrected chi connectivity index (χ2v) is 7.86. The lowest BCUT2D eigenvalue weighted by molar-refractivity contribution is 0.327. The van der Waals surface area contributed by atoms with Crippen molar-refractivity contribution in [2.45, 2.75) is 20.8 Å². The first kappa shape index (κ1) is 20.0. The molecule has 1 aromatic carbocycles. The van der Waals surface area contributed by atoms with E-state index in [0.29, 0.717) is 12.5 Å². The maximum Gasteiger partial charge on any atom is 0.333 e. The van der Waals surface area contributed by atoms with E-state index in [0.717, 1.165) is 50.1 Å². The maximum absolute atomic E-state index is 13.3. The van der Waals surface area contributed by atoms with Gasteiger partial charge in [0.1, 0.15) is 0 Å². The smallest absolute Gasteiger partial charge is 0.333 e. The standard InChI is InChI=1S/C24H24N6O2/c1-6-32-21-10-8-17(12-26-21)16-7-9-19-18(11-16)23-20(13-25-19)28(4)24(31)30(23)22-14(2)27-29(5)15(22)3/h7-13H,6H2,1-5H3. The lowest BCUT2D eigenvalue weighted by Crippen LogP contribution is -2.21. The number of hydrogen-bond donors (Lipinski definition) is 0. The Hall–Kier alpha value is -3.94. The molecule has 8 heteroatoms. The summed E-state index contributed by atoms with van der Waals surface area (Å²) in [6, 6.07) is 9.91. The Labute approximate surface area is 184 Å². The Morgan fingerprint density at radius 3 is 2.44 bits per heavy atom. The monoisotopic (exact) mass is 428 g/mol. The molecule has 162 valence electrons. The predicted molar refractivity (Wildman–Crippen MR) is 124 cm³/mol. The zero-order valence-electron chi connectivity index (χ0n) is 18.7. The molecular formula is C24H24N6O2. The lowest BCUT2D eigenvalue weighted by atomic mass is 10.0. The minimum absolute atomic E-state index is 0.123. The van der Waals surface area contributed by atoms with Crippen molar-refractivity contribution in [3.8, 4) is 22.7 Å². The number of benzene rings is 1. The summed E-state index contributed by atoms with van der Waals surface area (Å²) < 4.78 is 10.7. The largest absolute Gasteiger partial charge is 0.478 e. The number of aryl methyl sites for hydroxylation is 3. The minimum atomic E-state index is -0.123. The highest BCUT2D eigenvalue weighted by molar-refractivity contribution is 6.04. The number of hydrogen-bond acceptors (Lipinski definition) is 5. The quantitative estimate of drug-likeness (QED) is 0.436. The minimum Gasteiger partial charge on any atom is -0.478 e. The average Bonchev–Trinajstić information content (AvgIpc) is 3.19. The highest BCUT2D eigenvalue weighted by atomic mass is 16.5. The number of ether oxygens (including phenoxy) is 1. The fraction of sp³-hybridized carbons (Fsp3) is 0.250. The Bertz CT molecular complexity index is 1540. The summed E-state index contributed by atoms with van der Waals surface area (Å²) in [5, 5.41) is 5.42. The van der Waals surface area contributed by atoms with E-state index in [9.17, 15) is 4.79 Å². The Balaban J connectivity index is 1.81. The molecule has 0 bridgehead atoms. The van der Waals surface area contributed by atoms with E-state index in [-0.39, 0.29) is 5.69 Å². The second kappa shape index (κ2) is 7.33. The Kier molecular flexibility index (Phi) is 4.58. The van der Waals surface area contributed by atoms with Crippen LogP contribution in [-0.2, 0) is 14.1 Å². The molecule has 5 aromatic rings. The summed E-state index contributed by atoms with van der Waals surface area (Å²) in [5.41, 5.74) is 6.78. The molecule has 0 saturated carbocycles. The number of fused-ring (bicyclic) bond motifs is 3. The third-order valence-corrected chi connectivity index (χ3v) is 5.94. The molecule has 32 heavy (non-hydrogen) atoms. The fourth-order valence-corrected chi connectivity index (χ4v) is 4.25. The summed E-state index contributed by atoms with van der Waals surface area (Å²) >= 11 is 0. The van der Waals surface area contributed by atoms with E-state index in [1.807, 2.05) is 52.1 Å². The number of imidazole rings is 1. The van der Waals surface area contributed by atoms with Crippen molar-refractivity contribution in [2.24, 2.45) is 14.1 Å². The molecule has 0 aliphatic heterocycles. The number of nitrogens with zero attached hydrogens (tertiary/aromatic N) is 6. The van der Waals surface area contributed by atoms with Gasteiger partial charge in [0, 0.05) is 37.3 Å². The highest BCUT2D eigenvalue weighted by Gasteiger charge is 2.21. The van der Waals surface area contributed by atoms with Crippen LogP contribution in [0, 0.1) is 13.8 Å². The highest BCUT2D eigenvalue weighted by Crippen LogP contribution is 2.31. The predicted octanol–water partition coefficient (Wildman–Crippen LogP) is 3.69. The lowest BCUT2D eigenvalue weighted by Gasteiger charge is -2.09. The van der Waals surface area contributed by atoms with Crippen molar-refractivity contribution in [1.82, 2.24) is 28.9 Å². The molecule has 8 nitrogen and oxygen atoms in total. The van der Waals surface area contributed by atoms with Gasteiger partial charge in [-0.15, -0.1) is 0 Å². The number of pyridine rings is 2. The summed E-state index contributed by atoms with van der Waals surface area (Å²) in [5.74, 6) is 0.598. The molecule has 0 atom stereocenters. The van der Waals surface area contributed by atoms with Crippen molar-refractivity contribution >= 4 is 21.9 Å². The third kappa shape index (κ3) is 2.90. The molecule has 0 spiro atoms. The van der Waals surface area contributed by atoms with Crippen molar-refractivity contribution in [3.63, 3.8) is 0 Å². The van der Waals surface area contributed by atoms with Crippen LogP contribution in [0.1, 0.15) is 18.3 Å². The van der Waals surface area contributed by atoms with E-state index in [2.05, 4.69) is 21.1 Å². The topological polar surface area (TPSA) is 79.8 Å². The van der Waals surface area contributed by atoms with Gasteiger partial charge in [-0.2, -0.15) is 5.10 Å². The number of rotatable bonds is 4. The molecule has 0 amide bonds. The van der Waals surface area contributed by atoms with Crippen LogP contribution >= 0.6 is 0 Å². The van der Waals surface area contributed by atoms with E-state index in [1.165, 1.54) is 0 Å². The summed E-state index contributed by atoms with van der Waals surface area (Å²) in [6.45, 7) is 6.40. The van der Waals surface area contributed by atoms with Gasteiger partial charge in [-0.3, -0.25) is 18.8 Å². The molecule has 0 aliphatic carbocycles. The Morgan fingerprint density at radius 2 is 1.78 bits per heavy atom. The van der Waals surface area contributed by atoms with Crippen LogP contribution < -0.4 is 10.4 Å². The van der Waals surface area contributed by atoms with Crippen LogP contribution in [0.3, 0.4) is 0 Å². The van der Waals surface area contributed by atoms with Gasteiger partial charge in [-0.1, -0.05) is 6.07 Å². The van der Waals surface area contributed by atoms with Crippen molar-refractivity contribution in [2.75, 3.05) is 6.61 Å². The van der Waals surface area contributed by atoms with Gasteiger partial charge in [0.05, 0.1) is 46.4 Å². The molecule has 0 unspecified atom stereocenters. The molecule has 0 fully saturated rings. The van der Waals surface area contributed by atoms with E-state index in [4.69, 9.17) is 4.74 Å². The normalized spacial score (nSPS) is 11.5. The van der Waals surface area contributed by atoms with Crippen LogP contribution in [0.2, 0.25) is 0 Å². The fourth-order valence-electron chi connectivity index (χ4n) is 4.25. The zero-order chi connectivity index (χ0) is 22.6. The third-order valence-electron chi connectivity index (χ3n) is 5.94. The molecule has 5 rings (SSSR count). The van der Waals surface area contributed by atoms with Gasteiger partial charge >= 0.3 is 5.69 Å². The first-order valence-corrected chi connectivity index (χ1v) is 10.5. The summed E-state index contributed by atoms with van der Waals surface area (Å²) in [6.07, 6.45) is 3.56. The molecule has 0 N–H and O–H groups in total. The van der Waals surface area contributed by atoms with Gasteiger partial charge in [0.15, 0.2) is 0 Å². The van der Waals surface area contributed by atoms with Crippen LogP contribution in [-0.4, -0.2) is 35.5 Å². The van der Waals surface area contributed by atoms with Crippen LogP contribution in [0.15, 0.2) is 47.5 Å². The van der Waals surface area contributed by atoms with E-state index in [1.54, 1.807) is 33.3 Å². The van der Waals surface area contributed by atoms with Gasteiger partial charge in [-0.05, 0) is 44.5 Å². The Morgan fingerprint density at radius 1 is 1.00 bits per heavy atom. The van der Waals surface area contributed by atoms with E-state index >= 15 is 0 Å². The summed E-state index contributed by atoms with van der Waals surface area (Å²) in [7, 11) is 3.66. The van der Waals surface area contributed by atoms with Gasteiger partial charge < -0.3 is 4.74 Å². The van der Waals surface area contributed by atoms with Crippen molar-refractivity contribution in [3.05, 3.63) is 64.6 Å². The number of aromatic nitrogens is 6. The average molecular weight is 428 g/mol. The molecule has 4 heterocycles. The van der Waals surface area contributed by atoms with E-state index < -0.39 is 0 Å². The second-order valence-electron chi connectivity index (χ2n) is 7.86. The SMILES string of the molecule is CCOc1ccc(-c2ccc3ncc4c(c3c2)n(-c2c(C)nn(C)c2C)c(=O)n4C)cn1. The first-order valence-electron chi connectivity index (χ1n) is 10.5. The molecular weight excluding hydrogens is 404 g/mol. The molecule has 0 aliphatic rings. The summed E-state index contributed by atoms with van der Waals surface area (Å²) in [4.78, 5) is 22.3. The molecule has 4 aromatic heterocycles. The first-order chi connectivity index (χ1) is 15.4. The van der Waals surface area contributed by atoms with Crippen molar-refractivity contribution < 1.29 is 4.74 Å². The van der Waals surface area contributed by atoms with Gasteiger partial charge in [0.25, 0.3) is 0 Å². The molecule has 0 radical (unpaired) electrons. The van der Waals surface area contributed by atoms with Crippen LogP contribution in [0.5, 0.6) is 5.88 Å². The zero-order valence-corrected chi connectivity index (χ0v) is 18.7. The van der Waals surface area contributed by atoms with Crippen LogP contribution in [0.4, 0.5) is 0 Å². The van der Waals surface area contributed by atoms with Crippen LogP contribution in [0.25, 0.3) is 38.8 Å². The van der Waals surface area contributed by atoms with Gasteiger partial charge in [-0.25, -0.2) is 9.78 Å². The van der Waals surface area contributed by atoms with Crippen molar-refractivity contribution in [1.29, 1.82) is 0 Å².